The van der Waals surface area contributed by atoms with Crippen LogP contribution in [0.1, 0.15) is 32.6 Å². The topological polar surface area (TPSA) is 67.5 Å². The van der Waals surface area contributed by atoms with Gasteiger partial charge in [0.25, 0.3) is 0 Å². The first kappa shape index (κ1) is 14.6. The fraction of sp³-hybridized carbons (Fsp3) is 0.571. The van der Waals surface area contributed by atoms with Crippen molar-refractivity contribution in [1.29, 1.82) is 0 Å². The molecular weight excluding hydrogens is 228 g/mol. The maximum atomic E-state index is 8.67. The van der Waals surface area contributed by atoms with Crippen molar-refractivity contribution in [2.24, 2.45) is 0 Å². The van der Waals surface area contributed by atoms with E-state index in [0.717, 1.165) is 43.7 Å². The number of nitrogens with two attached hydrogens (primary N) is 1. The van der Waals surface area contributed by atoms with Crippen molar-refractivity contribution in [2.75, 3.05) is 30.8 Å². The number of aliphatic hydroxyl groups excluding tert-OH is 1. The molecular formula is C14H24N2O2. The van der Waals surface area contributed by atoms with Gasteiger partial charge >= 0.3 is 0 Å². The minimum atomic E-state index is 0.288. The summed E-state index contributed by atoms with van der Waals surface area (Å²) in [4.78, 5) is 0. The Bertz CT molecular complexity index is 343. The minimum Gasteiger partial charge on any atom is -0.492 e. The summed E-state index contributed by atoms with van der Waals surface area (Å²) < 4.78 is 5.44. The smallest absolute Gasteiger partial charge is 0.144 e. The summed E-state index contributed by atoms with van der Waals surface area (Å²) in [6, 6.07) is 5.78. The third-order valence-corrected chi connectivity index (χ3v) is 2.77. The van der Waals surface area contributed by atoms with Crippen LogP contribution in [0.5, 0.6) is 5.75 Å². The van der Waals surface area contributed by atoms with Crippen molar-refractivity contribution in [1.82, 2.24) is 0 Å². The highest BCUT2D eigenvalue weighted by Crippen LogP contribution is 2.29. The summed E-state index contributed by atoms with van der Waals surface area (Å²) >= 11 is 0. The van der Waals surface area contributed by atoms with E-state index in [1.165, 1.54) is 0 Å². The first-order valence-corrected chi connectivity index (χ1v) is 6.65. The molecule has 4 N–H and O–H groups in total. The highest BCUT2D eigenvalue weighted by atomic mass is 16.5. The first-order chi connectivity index (χ1) is 8.79. The van der Waals surface area contributed by atoms with Crippen molar-refractivity contribution in [3.63, 3.8) is 0 Å². The average molecular weight is 252 g/mol. The highest BCUT2D eigenvalue weighted by molar-refractivity contribution is 5.72. The summed E-state index contributed by atoms with van der Waals surface area (Å²) in [6.45, 7) is 3.75. The predicted molar refractivity (Wildman–Crippen MR) is 76.1 cm³/mol. The number of hydrogen-bond acceptors (Lipinski definition) is 4. The fourth-order valence-corrected chi connectivity index (χ4v) is 1.79. The zero-order chi connectivity index (χ0) is 13.2. The zero-order valence-corrected chi connectivity index (χ0v) is 11.1. The van der Waals surface area contributed by atoms with Gasteiger partial charge in [0.15, 0.2) is 0 Å². The zero-order valence-electron chi connectivity index (χ0n) is 11.1. The molecule has 0 saturated carbocycles. The number of nitrogens with one attached hydrogen (secondary N) is 1. The van der Waals surface area contributed by atoms with E-state index >= 15 is 0 Å². The molecule has 0 aliphatic rings. The van der Waals surface area contributed by atoms with Crippen molar-refractivity contribution < 1.29 is 9.84 Å². The summed E-state index contributed by atoms with van der Waals surface area (Å²) in [5, 5.41) is 12.0. The number of nitrogen functional groups attached to an aromatic ring is 1. The molecule has 4 nitrogen and oxygen atoms in total. The normalized spacial score (nSPS) is 10.3. The second kappa shape index (κ2) is 8.64. The van der Waals surface area contributed by atoms with Crippen LogP contribution in [0, 0.1) is 0 Å². The molecule has 0 heterocycles. The molecule has 0 atom stereocenters. The van der Waals surface area contributed by atoms with Crippen LogP contribution in [-0.4, -0.2) is 24.9 Å². The monoisotopic (exact) mass is 252 g/mol. The summed E-state index contributed by atoms with van der Waals surface area (Å²) in [5.41, 5.74) is 7.62. The second-order valence-electron chi connectivity index (χ2n) is 4.21. The van der Waals surface area contributed by atoms with E-state index in [4.69, 9.17) is 15.6 Å². The molecule has 0 spiro atoms. The van der Waals surface area contributed by atoms with Gasteiger partial charge in [-0.25, -0.2) is 0 Å². The Morgan fingerprint density at radius 1 is 1.22 bits per heavy atom. The molecule has 1 rings (SSSR count). The van der Waals surface area contributed by atoms with Gasteiger partial charge < -0.3 is 20.9 Å². The maximum Gasteiger partial charge on any atom is 0.144 e. The summed E-state index contributed by atoms with van der Waals surface area (Å²) in [6.07, 6.45) is 4.17. The largest absolute Gasteiger partial charge is 0.492 e. The van der Waals surface area contributed by atoms with Gasteiger partial charge in [-0.1, -0.05) is 18.9 Å². The first-order valence-electron chi connectivity index (χ1n) is 6.65. The number of unbranched alkanes of at least 4 members (excludes halogenated alkanes) is 3. The van der Waals surface area contributed by atoms with Crippen molar-refractivity contribution in [2.45, 2.75) is 32.6 Å². The molecule has 0 aliphatic carbocycles. The number of anilines is 2. The van der Waals surface area contributed by atoms with Crippen molar-refractivity contribution >= 4 is 11.4 Å². The number of ether oxygens (including phenoxy) is 1. The Morgan fingerprint density at radius 3 is 2.72 bits per heavy atom. The van der Waals surface area contributed by atoms with E-state index in [-0.39, 0.29) is 6.61 Å². The Balaban J connectivity index is 2.35. The van der Waals surface area contributed by atoms with Gasteiger partial charge in [-0.2, -0.15) is 0 Å². The third-order valence-electron chi connectivity index (χ3n) is 2.77. The minimum absolute atomic E-state index is 0.288. The molecule has 18 heavy (non-hydrogen) atoms. The number of rotatable bonds is 9. The Labute approximate surface area is 109 Å². The molecule has 0 aromatic heterocycles. The summed E-state index contributed by atoms with van der Waals surface area (Å²) in [5.74, 6) is 0.739. The maximum absolute atomic E-state index is 8.67. The fourth-order valence-electron chi connectivity index (χ4n) is 1.79. The molecule has 0 fully saturated rings. The van der Waals surface area contributed by atoms with Gasteiger partial charge in [-0.3, -0.25) is 0 Å². The molecule has 4 heteroatoms. The molecule has 0 saturated heterocycles. The quantitative estimate of drug-likeness (QED) is 0.467. The van der Waals surface area contributed by atoms with Crippen LogP contribution < -0.4 is 15.8 Å². The molecule has 1 aromatic carbocycles. The molecule has 1 aromatic rings. The van der Waals surface area contributed by atoms with Crippen LogP contribution in [0.2, 0.25) is 0 Å². The van der Waals surface area contributed by atoms with Gasteiger partial charge in [0, 0.05) is 13.2 Å². The van der Waals surface area contributed by atoms with E-state index in [2.05, 4.69) is 5.32 Å². The lowest BCUT2D eigenvalue weighted by Gasteiger charge is -2.13. The lowest BCUT2D eigenvalue weighted by molar-refractivity contribution is 0.283. The molecule has 0 unspecified atom stereocenters. The SMILES string of the molecule is CCOc1cccc(NCCCCCCO)c1N. The average Bonchev–Trinajstić information content (AvgIpc) is 2.38. The van der Waals surface area contributed by atoms with E-state index in [1.807, 2.05) is 25.1 Å². The third kappa shape index (κ3) is 4.84. The highest BCUT2D eigenvalue weighted by Gasteiger charge is 2.04. The Kier molecular flexibility index (Phi) is 7.03. The van der Waals surface area contributed by atoms with Crippen LogP contribution in [0.3, 0.4) is 0 Å². The Hall–Kier alpha value is -1.42. The Morgan fingerprint density at radius 2 is 2.00 bits per heavy atom. The van der Waals surface area contributed by atoms with Gasteiger partial charge in [0.2, 0.25) is 0 Å². The van der Waals surface area contributed by atoms with Crippen molar-refractivity contribution in [3.8, 4) is 5.75 Å². The molecule has 0 radical (unpaired) electrons. The van der Waals surface area contributed by atoms with Crippen LogP contribution in [0.4, 0.5) is 11.4 Å². The van der Waals surface area contributed by atoms with Crippen molar-refractivity contribution in [3.05, 3.63) is 18.2 Å². The van der Waals surface area contributed by atoms with E-state index < -0.39 is 0 Å². The second-order valence-corrected chi connectivity index (χ2v) is 4.21. The van der Waals surface area contributed by atoms with Crippen LogP contribution >= 0.6 is 0 Å². The van der Waals surface area contributed by atoms with Crippen LogP contribution in [0.25, 0.3) is 0 Å². The van der Waals surface area contributed by atoms with Gasteiger partial charge in [0.05, 0.1) is 18.0 Å². The molecule has 0 aliphatic heterocycles. The van der Waals surface area contributed by atoms with E-state index in [9.17, 15) is 0 Å². The number of hydrogen-bond donors (Lipinski definition) is 3. The van der Waals surface area contributed by atoms with Crippen LogP contribution in [0.15, 0.2) is 18.2 Å². The predicted octanol–water partition coefficient (Wildman–Crippen LogP) is 2.63. The standard InChI is InChI=1S/C14H24N2O2/c1-2-18-13-9-7-8-12(14(13)15)16-10-5-3-4-6-11-17/h7-9,16-17H,2-6,10-11,15H2,1H3. The van der Waals surface area contributed by atoms with Gasteiger partial charge in [-0.15, -0.1) is 0 Å². The lowest BCUT2D eigenvalue weighted by atomic mass is 10.2. The van der Waals surface area contributed by atoms with Crippen LogP contribution in [-0.2, 0) is 0 Å². The van der Waals surface area contributed by atoms with Gasteiger partial charge in [0.1, 0.15) is 5.75 Å². The molecule has 102 valence electrons. The van der Waals surface area contributed by atoms with Gasteiger partial charge in [-0.05, 0) is 31.9 Å². The molecule has 0 amide bonds. The van der Waals surface area contributed by atoms with E-state index in [1.54, 1.807) is 0 Å². The number of aliphatic hydroxyl groups is 1. The summed E-state index contributed by atoms with van der Waals surface area (Å²) in [7, 11) is 0. The number of benzene rings is 1. The lowest BCUT2D eigenvalue weighted by Crippen LogP contribution is -2.06. The van der Waals surface area contributed by atoms with E-state index in [0.29, 0.717) is 12.3 Å². The molecule has 0 bridgehead atoms. The number of para-hydroxylation sites is 1.